The Labute approximate surface area is 179 Å². The lowest BCUT2D eigenvalue weighted by Gasteiger charge is -2.42. The highest BCUT2D eigenvalue weighted by molar-refractivity contribution is 5.91. The summed E-state index contributed by atoms with van der Waals surface area (Å²) in [6, 6.07) is 5.11. The van der Waals surface area contributed by atoms with E-state index >= 15 is 0 Å². The molecule has 31 heavy (non-hydrogen) atoms. The number of hydrogen-bond donors (Lipinski definition) is 3. The van der Waals surface area contributed by atoms with Gasteiger partial charge in [0, 0.05) is 29.9 Å². The molecule has 4 rings (SSSR count). The van der Waals surface area contributed by atoms with Crippen molar-refractivity contribution in [2.24, 2.45) is 0 Å². The summed E-state index contributed by atoms with van der Waals surface area (Å²) in [7, 11) is 1.53. The summed E-state index contributed by atoms with van der Waals surface area (Å²) in [6.45, 7) is 2.13. The summed E-state index contributed by atoms with van der Waals surface area (Å²) >= 11 is 0. The molecule has 2 aromatic rings. The molecular weight excluding hydrogens is 402 g/mol. The van der Waals surface area contributed by atoms with E-state index in [0.29, 0.717) is 24.7 Å². The molecule has 3 heterocycles. The highest BCUT2D eigenvalue weighted by Crippen LogP contribution is 2.36. The Kier molecular flexibility index (Phi) is 6.08. The van der Waals surface area contributed by atoms with Crippen molar-refractivity contribution < 1.29 is 24.2 Å². The van der Waals surface area contributed by atoms with E-state index in [4.69, 9.17) is 9.47 Å². The van der Waals surface area contributed by atoms with Crippen LogP contribution in [0.4, 0.5) is 10.6 Å². The minimum absolute atomic E-state index is 0.162. The van der Waals surface area contributed by atoms with Crippen molar-refractivity contribution in [3.05, 3.63) is 35.7 Å². The Morgan fingerprint density at radius 2 is 2.19 bits per heavy atom. The van der Waals surface area contributed by atoms with Crippen LogP contribution in [0.15, 0.2) is 24.4 Å². The van der Waals surface area contributed by atoms with Crippen molar-refractivity contribution in [2.45, 2.75) is 56.8 Å². The Morgan fingerprint density at radius 3 is 2.94 bits per heavy atom. The first-order valence-corrected chi connectivity index (χ1v) is 10.4. The fourth-order valence-electron chi connectivity index (χ4n) is 4.03. The van der Waals surface area contributed by atoms with Crippen LogP contribution in [0.25, 0.3) is 0 Å². The van der Waals surface area contributed by atoms with Crippen LogP contribution in [0.3, 0.4) is 0 Å². The molecule has 2 amide bonds. The monoisotopic (exact) mass is 429 g/mol. The van der Waals surface area contributed by atoms with Crippen molar-refractivity contribution in [1.29, 1.82) is 0 Å². The predicted molar refractivity (Wildman–Crippen MR) is 111 cm³/mol. The molecular formula is C21H27N5O5. The number of nitrogens with one attached hydrogen (secondary N) is 2. The smallest absolute Gasteiger partial charge is 0.410 e. The van der Waals surface area contributed by atoms with E-state index in [9.17, 15) is 14.7 Å². The fourth-order valence-corrected chi connectivity index (χ4v) is 4.03. The fraction of sp³-hybridized carbons (Fsp3) is 0.524. The van der Waals surface area contributed by atoms with E-state index in [2.05, 4.69) is 20.5 Å². The molecule has 1 aliphatic heterocycles. The number of aromatic amines is 1. The van der Waals surface area contributed by atoms with Crippen LogP contribution in [0.2, 0.25) is 0 Å². The number of methoxy groups -OCH3 is 1. The number of likely N-dealkylation sites (tertiary alicyclic amines) is 1. The van der Waals surface area contributed by atoms with Gasteiger partial charge in [0.15, 0.2) is 5.82 Å². The SMILES string of the molecule is COc1cc(CC(=O)Nc2cc([C@@H]3CC[C@H](OC(=O)N4C[C@H](O)[C@H]4C)C3)[nH]n2)ccn1. The number of β-amino-alcohol motifs (C(OH)–C–C–N with tert-alkyl or cyclic N) is 1. The lowest BCUT2D eigenvalue weighted by Crippen LogP contribution is -2.61. The van der Waals surface area contributed by atoms with Crippen LogP contribution in [0.1, 0.15) is 43.4 Å². The number of nitrogens with zero attached hydrogens (tertiary/aromatic N) is 3. The maximum absolute atomic E-state index is 12.3. The van der Waals surface area contributed by atoms with Gasteiger partial charge in [-0.2, -0.15) is 5.10 Å². The van der Waals surface area contributed by atoms with Crippen LogP contribution in [-0.2, 0) is 16.0 Å². The van der Waals surface area contributed by atoms with Gasteiger partial charge in [-0.15, -0.1) is 0 Å². The largest absolute Gasteiger partial charge is 0.481 e. The molecule has 1 saturated carbocycles. The maximum Gasteiger partial charge on any atom is 0.410 e. The number of ether oxygens (including phenoxy) is 2. The highest BCUT2D eigenvalue weighted by Gasteiger charge is 2.40. The average molecular weight is 429 g/mol. The molecule has 4 atom stereocenters. The third-order valence-electron chi connectivity index (χ3n) is 6.00. The van der Waals surface area contributed by atoms with Crippen LogP contribution in [0.5, 0.6) is 5.88 Å². The first-order chi connectivity index (χ1) is 14.9. The maximum atomic E-state index is 12.3. The van der Waals surface area contributed by atoms with Gasteiger partial charge in [0.2, 0.25) is 11.8 Å². The molecule has 2 fully saturated rings. The van der Waals surface area contributed by atoms with Gasteiger partial charge in [-0.05, 0) is 37.8 Å². The minimum atomic E-state index is -0.469. The first-order valence-electron chi connectivity index (χ1n) is 10.4. The number of anilines is 1. The molecule has 0 radical (unpaired) electrons. The summed E-state index contributed by atoms with van der Waals surface area (Å²) in [5, 5.41) is 19.5. The van der Waals surface area contributed by atoms with Crippen molar-refractivity contribution in [3.8, 4) is 5.88 Å². The summed E-state index contributed by atoms with van der Waals surface area (Å²) < 4.78 is 10.7. The van der Waals surface area contributed by atoms with Crippen molar-refractivity contribution >= 4 is 17.8 Å². The number of carbonyl (C=O) groups excluding carboxylic acids is 2. The number of hydrogen-bond acceptors (Lipinski definition) is 7. The summed E-state index contributed by atoms with van der Waals surface area (Å²) in [4.78, 5) is 30.1. The van der Waals surface area contributed by atoms with E-state index in [1.807, 2.05) is 6.07 Å². The van der Waals surface area contributed by atoms with Crippen LogP contribution >= 0.6 is 0 Å². The van der Waals surface area contributed by atoms with Crippen LogP contribution in [0, 0.1) is 0 Å². The predicted octanol–water partition coefficient (Wildman–Crippen LogP) is 1.83. The zero-order chi connectivity index (χ0) is 22.0. The van der Waals surface area contributed by atoms with E-state index in [1.54, 1.807) is 30.2 Å². The number of aliphatic hydroxyl groups is 1. The Bertz CT molecular complexity index is 948. The number of aromatic nitrogens is 3. The molecule has 0 unspecified atom stereocenters. The summed E-state index contributed by atoms with van der Waals surface area (Å²) in [5.74, 6) is 0.920. The van der Waals surface area contributed by atoms with Gasteiger partial charge in [0.25, 0.3) is 0 Å². The molecule has 0 spiro atoms. The van der Waals surface area contributed by atoms with E-state index < -0.39 is 6.10 Å². The Balaban J connectivity index is 1.27. The number of rotatable bonds is 6. The van der Waals surface area contributed by atoms with Gasteiger partial charge in [-0.25, -0.2) is 9.78 Å². The summed E-state index contributed by atoms with van der Waals surface area (Å²) in [5.41, 5.74) is 1.71. The van der Waals surface area contributed by atoms with E-state index in [-0.39, 0.29) is 36.5 Å². The van der Waals surface area contributed by atoms with Crippen LogP contribution < -0.4 is 10.1 Å². The number of pyridine rings is 1. The molecule has 0 aromatic carbocycles. The molecule has 2 aromatic heterocycles. The van der Waals surface area contributed by atoms with E-state index in [1.165, 1.54) is 7.11 Å². The molecule has 1 saturated heterocycles. The van der Waals surface area contributed by atoms with Gasteiger partial charge >= 0.3 is 6.09 Å². The lowest BCUT2D eigenvalue weighted by atomic mass is 10.0. The lowest BCUT2D eigenvalue weighted by molar-refractivity contribution is -0.115. The molecule has 3 N–H and O–H groups in total. The topological polar surface area (TPSA) is 130 Å². The Morgan fingerprint density at radius 1 is 1.35 bits per heavy atom. The molecule has 2 aliphatic rings. The highest BCUT2D eigenvalue weighted by atomic mass is 16.6. The van der Waals surface area contributed by atoms with Gasteiger partial charge in [-0.3, -0.25) is 9.89 Å². The zero-order valence-electron chi connectivity index (χ0n) is 17.6. The van der Waals surface area contributed by atoms with Crippen molar-refractivity contribution in [3.63, 3.8) is 0 Å². The second-order valence-corrected chi connectivity index (χ2v) is 8.12. The third-order valence-corrected chi connectivity index (χ3v) is 6.00. The molecule has 1 aliphatic carbocycles. The van der Waals surface area contributed by atoms with Gasteiger partial charge < -0.3 is 24.8 Å². The quantitative estimate of drug-likeness (QED) is 0.639. The first kappa shape index (κ1) is 21.1. The van der Waals surface area contributed by atoms with Gasteiger partial charge in [0.1, 0.15) is 6.10 Å². The third kappa shape index (κ3) is 4.79. The standard InChI is InChI=1S/C21H27N5O5/c1-12-17(27)11-26(12)21(29)31-15-4-3-14(9-15)16-10-18(25-24-16)23-19(28)7-13-5-6-22-20(8-13)30-2/h5-6,8,10,12,14-15,17,27H,3-4,7,9,11H2,1-2H3,(H2,23,24,25,28)/t12-,14-,15+,17+/m1/s1. The normalized spacial score (nSPS) is 25.1. The number of amides is 2. The molecule has 10 heteroatoms. The van der Waals surface area contributed by atoms with Crippen molar-refractivity contribution in [2.75, 3.05) is 19.0 Å². The molecule has 0 bridgehead atoms. The van der Waals surface area contributed by atoms with Gasteiger partial charge in [-0.1, -0.05) is 0 Å². The second-order valence-electron chi connectivity index (χ2n) is 8.12. The van der Waals surface area contributed by atoms with Crippen LogP contribution in [-0.4, -0.2) is 69.1 Å². The second kappa shape index (κ2) is 8.93. The molecule has 166 valence electrons. The Hall–Kier alpha value is -3.14. The summed E-state index contributed by atoms with van der Waals surface area (Å²) in [6.07, 6.45) is 3.12. The van der Waals surface area contributed by atoms with E-state index in [0.717, 1.165) is 24.1 Å². The minimum Gasteiger partial charge on any atom is -0.481 e. The van der Waals surface area contributed by atoms with Crippen molar-refractivity contribution in [1.82, 2.24) is 20.1 Å². The number of carbonyl (C=O) groups is 2. The zero-order valence-corrected chi connectivity index (χ0v) is 17.6. The molecule has 10 nitrogen and oxygen atoms in total. The number of H-pyrrole nitrogens is 1. The number of aliphatic hydroxyl groups excluding tert-OH is 1. The average Bonchev–Trinajstić information content (AvgIpc) is 3.41. The van der Waals surface area contributed by atoms with Gasteiger partial charge in [0.05, 0.1) is 32.2 Å².